The van der Waals surface area contributed by atoms with Gasteiger partial charge in [-0.3, -0.25) is 0 Å². The number of anilines is 1. The lowest BCUT2D eigenvalue weighted by Crippen LogP contribution is -2.05. The molecule has 1 saturated carbocycles. The van der Waals surface area contributed by atoms with Gasteiger partial charge in [0.15, 0.2) is 0 Å². The van der Waals surface area contributed by atoms with Crippen LogP contribution in [0.5, 0.6) is 0 Å². The summed E-state index contributed by atoms with van der Waals surface area (Å²) in [5.74, 6) is 0.487. The summed E-state index contributed by atoms with van der Waals surface area (Å²) in [5.41, 5.74) is 7.23. The van der Waals surface area contributed by atoms with Gasteiger partial charge >= 0.3 is 0 Å². The minimum Gasteiger partial charge on any atom is -0.399 e. The Balaban J connectivity index is 2.38. The Labute approximate surface area is 78.0 Å². The molecule has 0 radical (unpaired) electrons. The van der Waals surface area contributed by atoms with Crippen molar-refractivity contribution in [3.05, 3.63) is 29.8 Å². The third-order valence-corrected chi connectivity index (χ3v) is 2.93. The molecule has 2 N–H and O–H groups in total. The van der Waals surface area contributed by atoms with Crippen molar-refractivity contribution in [2.24, 2.45) is 5.92 Å². The van der Waals surface area contributed by atoms with E-state index in [0.29, 0.717) is 5.92 Å². The molecule has 1 fully saturated rings. The van der Waals surface area contributed by atoms with E-state index in [0.717, 1.165) is 17.7 Å². The molecule has 0 aromatic heterocycles. The molecule has 0 amide bonds. The average molecular weight is 172 g/mol. The van der Waals surface area contributed by atoms with Crippen LogP contribution in [0.1, 0.15) is 18.9 Å². The molecular formula is C11H12N2. The van der Waals surface area contributed by atoms with Crippen molar-refractivity contribution in [2.75, 3.05) is 5.73 Å². The summed E-state index contributed by atoms with van der Waals surface area (Å²) in [6.07, 6.45) is 0.980. The number of hydrogen-bond acceptors (Lipinski definition) is 2. The van der Waals surface area contributed by atoms with E-state index in [1.54, 1.807) is 0 Å². The standard InChI is InChI=1S/C11H12N2/c1-8-6-11(8,7-12)9-2-4-10(13)5-3-9/h2-5,8H,6,13H2,1H3. The van der Waals surface area contributed by atoms with Crippen LogP contribution < -0.4 is 5.73 Å². The molecule has 66 valence electrons. The van der Waals surface area contributed by atoms with Crippen LogP contribution >= 0.6 is 0 Å². The van der Waals surface area contributed by atoms with Crippen LogP contribution in [-0.2, 0) is 5.41 Å². The number of nitrogens with zero attached hydrogens (tertiary/aromatic N) is 1. The van der Waals surface area contributed by atoms with Crippen molar-refractivity contribution in [1.29, 1.82) is 5.26 Å². The molecule has 2 heteroatoms. The molecule has 2 nitrogen and oxygen atoms in total. The molecule has 2 rings (SSSR count). The van der Waals surface area contributed by atoms with Gasteiger partial charge in [0.05, 0.1) is 11.5 Å². The lowest BCUT2D eigenvalue weighted by molar-refractivity contribution is 0.792. The molecule has 1 aromatic carbocycles. The predicted molar refractivity (Wildman–Crippen MR) is 51.9 cm³/mol. The molecule has 2 unspecified atom stereocenters. The average Bonchev–Trinajstić information content (AvgIpc) is 2.79. The maximum atomic E-state index is 9.07. The van der Waals surface area contributed by atoms with Crippen LogP contribution in [0.2, 0.25) is 0 Å². The molecule has 0 spiro atoms. The Morgan fingerprint density at radius 2 is 2.00 bits per heavy atom. The number of nitriles is 1. The highest BCUT2D eigenvalue weighted by molar-refractivity contribution is 5.47. The van der Waals surface area contributed by atoms with E-state index in [2.05, 4.69) is 13.0 Å². The molecule has 0 aliphatic heterocycles. The second kappa shape index (κ2) is 2.50. The number of hydrogen-bond donors (Lipinski definition) is 1. The molecule has 1 aliphatic rings. The lowest BCUT2D eigenvalue weighted by Gasteiger charge is -2.07. The first kappa shape index (κ1) is 8.12. The Kier molecular flexibility index (Phi) is 1.56. The second-order valence-corrected chi connectivity index (χ2v) is 3.81. The van der Waals surface area contributed by atoms with E-state index >= 15 is 0 Å². The summed E-state index contributed by atoms with van der Waals surface area (Å²) in [7, 11) is 0. The Morgan fingerprint density at radius 3 is 2.38 bits per heavy atom. The van der Waals surface area contributed by atoms with Gasteiger partial charge in [0.2, 0.25) is 0 Å². The lowest BCUT2D eigenvalue weighted by atomic mass is 9.95. The largest absolute Gasteiger partial charge is 0.399 e. The number of nitrogens with two attached hydrogens (primary N) is 1. The van der Waals surface area contributed by atoms with Gasteiger partial charge in [-0.15, -0.1) is 0 Å². The van der Waals surface area contributed by atoms with Gasteiger partial charge in [0, 0.05) is 5.69 Å². The smallest absolute Gasteiger partial charge is 0.0851 e. The maximum Gasteiger partial charge on any atom is 0.0851 e. The fourth-order valence-electron chi connectivity index (χ4n) is 1.83. The van der Waals surface area contributed by atoms with Gasteiger partial charge in [-0.05, 0) is 30.0 Å². The van der Waals surface area contributed by atoms with E-state index < -0.39 is 0 Å². The Morgan fingerprint density at radius 1 is 1.46 bits per heavy atom. The third kappa shape index (κ3) is 1.08. The fraction of sp³-hybridized carbons (Fsp3) is 0.364. The van der Waals surface area contributed by atoms with Crippen LogP contribution in [0.3, 0.4) is 0 Å². The highest BCUT2D eigenvalue weighted by atomic mass is 14.6. The highest BCUT2D eigenvalue weighted by Crippen LogP contribution is 2.53. The molecule has 13 heavy (non-hydrogen) atoms. The first-order valence-electron chi connectivity index (χ1n) is 4.46. The number of nitrogen functional groups attached to an aromatic ring is 1. The summed E-state index contributed by atoms with van der Waals surface area (Å²) in [6, 6.07) is 10.0. The molecule has 1 aliphatic carbocycles. The van der Waals surface area contributed by atoms with Crippen LogP contribution in [0.15, 0.2) is 24.3 Å². The predicted octanol–water partition coefficient (Wildman–Crippen LogP) is 2.07. The molecule has 2 atom stereocenters. The summed E-state index contributed by atoms with van der Waals surface area (Å²) >= 11 is 0. The zero-order valence-electron chi connectivity index (χ0n) is 7.62. The van der Waals surface area contributed by atoms with E-state index in [1.807, 2.05) is 24.3 Å². The first-order chi connectivity index (χ1) is 6.19. The Hall–Kier alpha value is -1.49. The molecule has 0 heterocycles. The fourth-order valence-corrected chi connectivity index (χ4v) is 1.83. The number of rotatable bonds is 1. The molecule has 1 aromatic rings. The van der Waals surface area contributed by atoms with Crippen LogP contribution in [0, 0.1) is 17.2 Å². The first-order valence-corrected chi connectivity index (χ1v) is 4.46. The van der Waals surface area contributed by atoms with Gasteiger partial charge in [-0.25, -0.2) is 0 Å². The molecule has 0 bridgehead atoms. The van der Waals surface area contributed by atoms with E-state index in [9.17, 15) is 0 Å². The SMILES string of the molecule is CC1CC1(C#N)c1ccc(N)cc1. The van der Waals surface area contributed by atoms with Crippen molar-refractivity contribution < 1.29 is 0 Å². The van der Waals surface area contributed by atoms with Crippen molar-refractivity contribution in [3.8, 4) is 6.07 Å². The molecule has 0 saturated heterocycles. The minimum atomic E-state index is -0.215. The summed E-state index contributed by atoms with van der Waals surface area (Å²) < 4.78 is 0. The van der Waals surface area contributed by atoms with E-state index in [4.69, 9.17) is 11.0 Å². The van der Waals surface area contributed by atoms with Crippen molar-refractivity contribution >= 4 is 5.69 Å². The quantitative estimate of drug-likeness (QED) is 0.659. The number of benzene rings is 1. The Bertz CT molecular complexity index is 361. The van der Waals surface area contributed by atoms with Crippen LogP contribution in [0.25, 0.3) is 0 Å². The van der Waals surface area contributed by atoms with Gasteiger partial charge < -0.3 is 5.73 Å². The monoisotopic (exact) mass is 172 g/mol. The highest BCUT2D eigenvalue weighted by Gasteiger charge is 2.53. The van der Waals surface area contributed by atoms with Crippen molar-refractivity contribution in [1.82, 2.24) is 0 Å². The van der Waals surface area contributed by atoms with Gasteiger partial charge in [-0.2, -0.15) is 5.26 Å². The van der Waals surface area contributed by atoms with Crippen LogP contribution in [0.4, 0.5) is 5.69 Å². The normalized spacial score (nSPS) is 30.9. The third-order valence-electron chi connectivity index (χ3n) is 2.93. The summed E-state index contributed by atoms with van der Waals surface area (Å²) in [5, 5.41) is 9.07. The van der Waals surface area contributed by atoms with Gasteiger partial charge in [-0.1, -0.05) is 19.1 Å². The minimum absolute atomic E-state index is 0.215. The summed E-state index contributed by atoms with van der Waals surface area (Å²) in [4.78, 5) is 0. The zero-order chi connectivity index (χ0) is 9.47. The van der Waals surface area contributed by atoms with E-state index in [-0.39, 0.29) is 5.41 Å². The topological polar surface area (TPSA) is 49.8 Å². The van der Waals surface area contributed by atoms with Gasteiger partial charge in [0.1, 0.15) is 0 Å². The zero-order valence-corrected chi connectivity index (χ0v) is 7.62. The van der Waals surface area contributed by atoms with Gasteiger partial charge in [0.25, 0.3) is 0 Å². The van der Waals surface area contributed by atoms with Crippen molar-refractivity contribution in [3.63, 3.8) is 0 Å². The van der Waals surface area contributed by atoms with Crippen LogP contribution in [-0.4, -0.2) is 0 Å². The second-order valence-electron chi connectivity index (χ2n) is 3.81. The maximum absolute atomic E-state index is 9.07. The van der Waals surface area contributed by atoms with Crippen molar-refractivity contribution in [2.45, 2.75) is 18.8 Å². The molecular weight excluding hydrogens is 160 g/mol. The van der Waals surface area contributed by atoms with E-state index in [1.165, 1.54) is 0 Å². The summed E-state index contributed by atoms with van der Waals surface area (Å²) in [6.45, 7) is 2.11.